The van der Waals surface area contributed by atoms with Crippen molar-refractivity contribution < 1.29 is 9.53 Å². The number of carbonyl (C=O) groups is 1. The van der Waals surface area contributed by atoms with Gasteiger partial charge in [-0.1, -0.05) is 23.7 Å². The Morgan fingerprint density at radius 3 is 2.81 bits per heavy atom. The van der Waals surface area contributed by atoms with E-state index in [9.17, 15) is 4.79 Å². The van der Waals surface area contributed by atoms with Gasteiger partial charge in [0.25, 0.3) is 5.91 Å². The van der Waals surface area contributed by atoms with E-state index in [0.29, 0.717) is 24.1 Å². The van der Waals surface area contributed by atoms with E-state index >= 15 is 0 Å². The van der Waals surface area contributed by atoms with Gasteiger partial charge in [-0.05, 0) is 37.8 Å². The van der Waals surface area contributed by atoms with Gasteiger partial charge >= 0.3 is 0 Å². The number of amides is 1. The van der Waals surface area contributed by atoms with Crippen LogP contribution in [0.3, 0.4) is 0 Å². The van der Waals surface area contributed by atoms with Crippen molar-refractivity contribution in [3.63, 3.8) is 0 Å². The van der Waals surface area contributed by atoms with Gasteiger partial charge in [0.05, 0.1) is 23.9 Å². The monoisotopic (exact) mass is 372 g/mol. The summed E-state index contributed by atoms with van der Waals surface area (Å²) >= 11 is 6.36. The van der Waals surface area contributed by atoms with Gasteiger partial charge in [-0.2, -0.15) is 0 Å². The summed E-state index contributed by atoms with van der Waals surface area (Å²) in [6.07, 6.45) is 4.42. The smallest absolute Gasteiger partial charge is 0.293 e. The Balaban J connectivity index is 1.48. The minimum absolute atomic E-state index is 0.102. The fourth-order valence-corrected chi connectivity index (χ4v) is 3.82. The second-order valence-corrected chi connectivity index (χ2v) is 8.12. The molecule has 1 amide bonds. The van der Waals surface area contributed by atoms with E-state index in [4.69, 9.17) is 16.3 Å². The van der Waals surface area contributed by atoms with Crippen LogP contribution in [0.4, 0.5) is 0 Å². The zero-order chi connectivity index (χ0) is 17.7. The number of hydrogen-bond donors (Lipinski definition) is 0. The normalized spacial score (nSPS) is 21.7. The lowest BCUT2D eigenvalue weighted by Crippen LogP contribution is -2.37. The lowest BCUT2D eigenvalue weighted by atomic mass is 10.1. The van der Waals surface area contributed by atoms with Crippen molar-refractivity contribution in [2.75, 3.05) is 26.3 Å². The van der Waals surface area contributed by atoms with Crippen molar-refractivity contribution in [3.8, 4) is 5.69 Å². The Labute approximate surface area is 157 Å². The first-order chi connectivity index (χ1) is 12.7. The second kappa shape index (κ2) is 6.06. The summed E-state index contributed by atoms with van der Waals surface area (Å²) in [4.78, 5) is 19.6. The maximum Gasteiger partial charge on any atom is 0.293 e. The molecule has 1 spiro atoms. The van der Waals surface area contributed by atoms with Crippen molar-refractivity contribution in [1.29, 1.82) is 0 Å². The van der Waals surface area contributed by atoms with Crippen molar-refractivity contribution >= 4 is 17.5 Å². The molecule has 26 heavy (non-hydrogen) atoms. The van der Waals surface area contributed by atoms with Crippen molar-refractivity contribution in [2.45, 2.75) is 31.6 Å². The number of ether oxygens (including phenoxy) is 1. The van der Waals surface area contributed by atoms with Crippen molar-refractivity contribution in [2.24, 2.45) is 5.41 Å². The van der Waals surface area contributed by atoms with Crippen LogP contribution in [0.15, 0.2) is 24.3 Å². The Bertz CT molecular complexity index is 857. The van der Waals surface area contributed by atoms with E-state index in [1.165, 1.54) is 0 Å². The highest BCUT2D eigenvalue weighted by atomic mass is 35.5. The molecule has 6 nitrogen and oxygen atoms in total. The maximum absolute atomic E-state index is 13.1. The second-order valence-electron chi connectivity index (χ2n) is 7.71. The predicted octanol–water partition coefficient (Wildman–Crippen LogP) is 3.05. The van der Waals surface area contributed by atoms with Gasteiger partial charge in [0.1, 0.15) is 5.82 Å². The van der Waals surface area contributed by atoms with E-state index in [2.05, 4.69) is 10.1 Å². The Morgan fingerprint density at radius 1 is 1.27 bits per heavy atom. The van der Waals surface area contributed by atoms with Crippen LogP contribution in [0.2, 0.25) is 5.02 Å². The molecule has 1 saturated heterocycles. The lowest BCUT2D eigenvalue weighted by molar-refractivity contribution is 0.0722. The number of para-hydroxylation sites is 1. The van der Waals surface area contributed by atoms with Gasteiger partial charge in [-0.3, -0.25) is 4.79 Å². The molecule has 136 valence electrons. The van der Waals surface area contributed by atoms with Crippen LogP contribution in [0.25, 0.3) is 5.69 Å². The van der Waals surface area contributed by atoms with Gasteiger partial charge in [-0.15, -0.1) is 5.10 Å². The third kappa shape index (κ3) is 2.91. The Hall–Kier alpha value is -1.92. The molecule has 2 heterocycles. The van der Waals surface area contributed by atoms with Crippen LogP contribution in [0.5, 0.6) is 0 Å². The van der Waals surface area contributed by atoms with Crippen LogP contribution in [-0.2, 0) is 4.74 Å². The molecule has 7 heteroatoms. The molecule has 5 rings (SSSR count). The SMILES string of the molecule is O=C(c1nc(C2CC2)n(-c2ccccc2Cl)n1)N1CCOCC2(CC2)C1. The third-order valence-corrected chi connectivity index (χ3v) is 5.85. The summed E-state index contributed by atoms with van der Waals surface area (Å²) in [6, 6.07) is 7.55. The highest BCUT2D eigenvalue weighted by Crippen LogP contribution is 2.47. The van der Waals surface area contributed by atoms with Gasteiger partial charge in [0, 0.05) is 24.4 Å². The molecule has 2 saturated carbocycles. The average Bonchev–Trinajstić information content (AvgIpc) is 3.57. The summed E-state index contributed by atoms with van der Waals surface area (Å²) in [6.45, 7) is 2.67. The highest BCUT2D eigenvalue weighted by molar-refractivity contribution is 6.32. The summed E-state index contributed by atoms with van der Waals surface area (Å²) in [5, 5.41) is 5.18. The summed E-state index contributed by atoms with van der Waals surface area (Å²) < 4.78 is 7.45. The predicted molar refractivity (Wildman–Crippen MR) is 96.7 cm³/mol. The highest BCUT2D eigenvalue weighted by Gasteiger charge is 2.46. The molecular formula is C19H21ClN4O2. The van der Waals surface area contributed by atoms with E-state index in [0.717, 1.165) is 50.3 Å². The minimum Gasteiger partial charge on any atom is -0.379 e. The molecule has 0 radical (unpaired) electrons. The number of aromatic nitrogens is 3. The van der Waals surface area contributed by atoms with Gasteiger partial charge in [-0.25, -0.2) is 9.67 Å². The summed E-state index contributed by atoms with van der Waals surface area (Å²) in [5.41, 5.74) is 0.942. The molecular weight excluding hydrogens is 352 g/mol. The molecule has 1 aromatic heterocycles. The number of carbonyl (C=O) groups excluding carboxylic acids is 1. The molecule has 2 aromatic rings. The van der Waals surface area contributed by atoms with Gasteiger partial charge < -0.3 is 9.64 Å². The average molecular weight is 373 g/mol. The Morgan fingerprint density at radius 2 is 2.08 bits per heavy atom. The first-order valence-electron chi connectivity index (χ1n) is 9.24. The fraction of sp³-hybridized carbons (Fsp3) is 0.526. The molecule has 3 aliphatic rings. The number of rotatable bonds is 3. The largest absolute Gasteiger partial charge is 0.379 e. The number of benzene rings is 1. The molecule has 2 aliphatic carbocycles. The topological polar surface area (TPSA) is 60.2 Å². The minimum atomic E-state index is -0.102. The molecule has 0 atom stereocenters. The van der Waals surface area contributed by atoms with Crippen molar-refractivity contribution in [3.05, 3.63) is 40.9 Å². The van der Waals surface area contributed by atoms with Crippen LogP contribution >= 0.6 is 11.6 Å². The van der Waals surface area contributed by atoms with Gasteiger partial charge in [0.2, 0.25) is 5.82 Å². The van der Waals surface area contributed by atoms with E-state index in [1.807, 2.05) is 29.2 Å². The standard InChI is InChI=1S/C19H21ClN4O2/c20-14-3-1-2-4-15(14)24-17(13-5-6-13)21-16(22-24)18(25)23-9-10-26-12-19(11-23)7-8-19/h1-4,13H,5-12H2. The molecule has 1 aromatic carbocycles. The molecule has 0 bridgehead atoms. The molecule has 3 fully saturated rings. The van der Waals surface area contributed by atoms with E-state index in [1.54, 1.807) is 4.68 Å². The zero-order valence-corrected chi connectivity index (χ0v) is 15.3. The van der Waals surface area contributed by atoms with Crippen LogP contribution < -0.4 is 0 Å². The Kier molecular flexibility index (Phi) is 3.79. The summed E-state index contributed by atoms with van der Waals surface area (Å²) in [5.74, 6) is 1.37. The first kappa shape index (κ1) is 16.3. The van der Waals surface area contributed by atoms with Crippen LogP contribution in [0, 0.1) is 5.41 Å². The van der Waals surface area contributed by atoms with Crippen LogP contribution in [-0.4, -0.2) is 51.9 Å². The van der Waals surface area contributed by atoms with E-state index in [-0.39, 0.29) is 17.1 Å². The zero-order valence-electron chi connectivity index (χ0n) is 14.5. The van der Waals surface area contributed by atoms with Crippen LogP contribution in [0.1, 0.15) is 48.0 Å². The fourth-order valence-electron chi connectivity index (χ4n) is 3.61. The van der Waals surface area contributed by atoms with Gasteiger partial charge in [0.15, 0.2) is 0 Å². The first-order valence-corrected chi connectivity index (χ1v) is 9.62. The molecule has 0 unspecified atom stereocenters. The third-order valence-electron chi connectivity index (χ3n) is 5.53. The van der Waals surface area contributed by atoms with E-state index < -0.39 is 0 Å². The molecule has 1 aliphatic heterocycles. The lowest BCUT2D eigenvalue weighted by Gasteiger charge is -2.21. The number of hydrogen-bond acceptors (Lipinski definition) is 4. The van der Waals surface area contributed by atoms with Crippen molar-refractivity contribution in [1.82, 2.24) is 19.7 Å². The number of halogens is 1. The number of nitrogens with zero attached hydrogens (tertiary/aromatic N) is 4. The quantitative estimate of drug-likeness (QED) is 0.830. The summed E-state index contributed by atoms with van der Waals surface area (Å²) in [7, 11) is 0. The maximum atomic E-state index is 13.1. The molecule has 0 N–H and O–H groups in total.